The Morgan fingerprint density at radius 3 is 1.46 bits per heavy atom. The molecule has 6 aromatic carbocycles. The Balaban J connectivity index is 0.000000898. The normalized spacial score (nSPS) is 10.8. The smallest absolute Gasteiger partial charge is 0.213 e. The average molecular weight is 797 g/mol. The minimum absolute atomic E-state index is 0.578. The molecule has 0 spiro atoms. The van der Waals surface area contributed by atoms with Crippen molar-refractivity contribution < 1.29 is 8.83 Å². The van der Waals surface area contributed by atoms with Crippen molar-refractivity contribution >= 4 is 67.1 Å². The van der Waals surface area contributed by atoms with Gasteiger partial charge in [0.05, 0.1) is 56.4 Å². The largest absolute Gasteiger partial charge is 0.439 e. The van der Waals surface area contributed by atoms with Gasteiger partial charge in [-0.05, 0) is 89.9 Å². The molecule has 0 bridgehead atoms. The van der Waals surface area contributed by atoms with Crippen LogP contribution >= 0.6 is 0 Å². The number of aromatic nitrogens is 2. The van der Waals surface area contributed by atoms with Gasteiger partial charge in [-0.15, -0.1) is 0 Å². The zero-order valence-corrected chi connectivity index (χ0v) is 35.7. The number of para-hydroxylation sites is 3. The van der Waals surface area contributed by atoms with Crippen LogP contribution in [0, 0.1) is 22.7 Å². The van der Waals surface area contributed by atoms with Gasteiger partial charge >= 0.3 is 0 Å². The predicted octanol–water partition coefficient (Wildman–Crippen LogP) is 16.1. The number of benzene rings is 6. The Kier molecular flexibility index (Phi) is 12.2. The van der Waals surface area contributed by atoms with Crippen molar-refractivity contribution in [3.63, 3.8) is 0 Å². The summed E-state index contributed by atoms with van der Waals surface area (Å²) in [4.78, 5) is 0. The molecule has 6 heteroatoms. The molecule has 0 N–H and O–H groups in total. The molecule has 0 radical (unpaired) electrons. The van der Waals surface area contributed by atoms with E-state index in [0.29, 0.717) is 16.8 Å². The third kappa shape index (κ3) is 6.89. The first-order valence-electron chi connectivity index (χ1n) is 21.0. The van der Waals surface area contributed by atoms with E-state index in [-0.39, 0.29) is 0 Å². The zero-order valence-electron chi connectivity index (χ0n) is 35.7. The number of hydrogen-bond donors (Lipinski definition) is 0. The second-order valence-corrected chi connectivity index (χ2v) is 13.5. The summed E-state index contributed by atoms with van der Waals surface area (Å²) in [6.45, 7) is 18.2. The van der Waals surface area contributed by atoms with Crippen LogP contribution in [-0.2, 0) is 0 Å². The van der Waals surface area contributed by atoms with E-state index in [9.17, 15) is 10.5 Å². The van der Waals surface area contributed by atoms with Gasteiger partial charge in [0.15, 0.2) is 0 Å². The summed E-state index contributed by atoms with van der Waals surface area (Å²) in [5, 5.41) is 24.6. The lowest BCUT2D eigenvalue weighted by molar-refractivity contribution is 0.584. The molecule has 61 heavy (non-hydrogen) atoms. The standard InChI is InChI=1S/C49H30N4O2.3C2H6/c1-3-11-44-34(4-2)46-35-12-5-8-15-40(35)52(48(46)54-44)42-26-38(32-22-18-30(28-50)19-23-32)39(33-24-20-31(29-51)21-25-33)27-43(42)53-41-16-9-6-13-36(41)47-37-14-7-10-17-45(37)55-49(47)53;3*1-2/h3-27H,2H2,1H3;3*1-2H3/b11-3-;;;. The Hall–Kier alpha value is -7.80. The fraction of sp³-hybridized carbons (Fsp3) is 0.127. The van der Waals surface area contributed by atoms with E-state index in [1.54, 1.807) is 0 Å². The number of nitriles is 2. The number of allylic oxidation sites excluding steroid dienone is 1. The first-order valence-corrected chi connectivity index (χ1v) is 21.0. The van der Waals surface area contributed by atoms with Crippen LogP contribution in [0.1, 0.15) is 70.9 Å². The van der Waals surface area contributed by atoms with Gasteiger partial charge in [0.2, 0.25) is 11.4 Å². The lowest BCUT2D eigenvalue weighted by Gasteiger charge is -2.20. The van der Waals surface area contributed by atoms with Crippen LogP contribution in [0.25, 0.3) is 101 Å². The molecule has 300 valence electrons. The first kappa shape index (κ1) is 41.4. The fourth-order valence-corrected chi connectivity index (χ4v) is 8.11. The second kappa shape index (κ2) is 18.0. The van der Waals surface area contributed by atoms with E-state index in [2.05, 4.69) is 88.5 Å². The van der Waals surface area contributed by atoms with Gasteiger partial charge < -0.3 is 8.83 Å². The Bertz CT molecular complexity index is 3300. The molecule has 0 amide bonds. The summed E-state index contributed by atoms with van der Waals surface area (Å²) < 4.78 is 18.0. The van der Waals surface area contributed by atoms with Crippen LogP contribution < -0.4 is 0 Å². The summed E-state index contributed by atoms with van der Waals surface area (Å²) in [5.41, 5.74) is 11.8. The minimum Gasteiger partial charge on any atom is -0.439 e. The van der Waals surface area contributed by atoms with Crippen molar-refractivity contribution in [2.75, 3.05) is 0 Å². The van der Waals surface area contributed by atoms with Crippen molar-refractivity contribution in [2.24, 2.45) is 0 Å². The highest BCUT2D eigenvalue weighted by Crippen LogP contribution is 2.46. The third-order valence-corrected chi connectivity index (χ3v) is 10.5. The molecule has 0 aliphatic carbocycles. The highest BCUT2D eigenvalue weighted by Gasteiger charge is 2.27. The van der Waals surface area contributed by atoms with Crippen LogP contribution in [0.2, 0.25) is 0 Å². The highest BCUT2D eigenvalue weighted by molar-refractivity contribution is 6.20. The van der Waals surface area contributed by atoms with Gasteiger partial charge in [-0.3, -0.25) is 9.13 Å². The molecule has 0 saturated heterocycles. The third-order valence-electron chi connectivity index (χ3n) is 10.5. The summed E-state index contributed by atoms with van der Waals surface area (Å²) in [5.74, 6) is 0.733. The molecule has 0 fully saturated rings. The van der Waals surface area contributed by atoms with E-state index in [1.165, 1.54) is 0 Å². The topological polar surface area (TPSA) is 83.7 Å². The van der Waals surface area contributed by atoms with Gasteiger partial charge in [-0.25, -0.2) is 0 Å². The molecule has 6 nitrogen and oxygen atoms in total. The SMILES string of the molecule is C=Cc1c(/C=C\C)oc2c1c1ccccc1n2-c1cc(-c2ccc(C#N)cc2)c(-c2ccc(C#N)cc2)cc1-n1c2ccccc2c2c3ccccc3oc21.CC.CC.CC. The summed E-state index contributed by atoms with van der Waals surface area (Å²) in [7, 11) is 0. The quantitative estimate of drug-likeness (QED) is 0.168. The molecule has 0 aliphatic rings. The zero-order chi connectivity index (χ0) is 43.2. The number of rotatable bonds is 6. The van der Waals surface area contributed by atoms with E-state index in [0.717, 1.165) is 94.2 Å². The molecular weight excluding hydrogens is 749 g/mol. The monoisotopic (exact) mass is 796 g/mol. The maximum absolute atomic E-state index is 9.69. The average Bonchev–Trinajstić information content (AvgIpc) is 4.07. The predicted molar refractivity (Wildman–Crippen MR) is 256 cm³/mol. The second-order valence-electron chi connectivity index (χ2n) is 13.5. The number of furan rings is 2. The summed E-state index contributed by atoms with van der Waals surface area (Å²) in [6.07, 6.45) is 5.82. The maximum Gasteiger partial charge on any atom is 0.213 e. The molecule has 10 rings (SSSR count). The van der Waals surface area contributed by atoms with Gasteiger partial charge in [0.1, 0.15) is 11.3 Å². The Morgan fingerprint density at radius 2 is 0.984 bits per heavy atom. The van der Waals surface area contributed by atoms with E-state index in [1.807, 2.05) is 139 Å². The number of fused-ring (bicyclic) bond motifs is 8. The molecule has 10 aromatic rings. The lowest BCUT2D eigenvalue weighted by atomic mass is 9.92. The van der Waals surface area contributed by atoms with Gasteiger partial charge in [0.25, 0.3) is 0 Å². The molecule has 0 saturated carbocycles. The van der Waals surface area contributed by atoms with Gasteiger partial charge in [-0.1, -0.05) is 139 Å². The highest BCUT2D eigenvalue weighted by atomic mass is 16.3. The Labute approximate surface area is 357 Å². The molecule has 0 unspecified atom stereocenters. The first-order chi connectivity index (χ1) is 30.1. The number of nitrogens with zero attached hydrogens (tertiary/aromatic N) is 4. The lowest BCUT2D eigenvalue weighted by Crippen LogP contribution is -2.05. The van der Waals surface area contributed by atoms with Crippen molar-refractivity contribution in [3.8, 4) is 45.8 Å². The summed E-state index contributed by atoms with van der Waals surface area (Å²) >= 11 is 0. The van der Waals surface area contributed by atoms with Gasteiger partial charge in [0, 0.05) is 21.7 Å². The van der Waals surface area contributed by atoms with Gasteiger partial charge in [-0.2, -0.15) is 10.5 Å². The van der Waals surface area contributed by atoms with E-state index < -0.39 is 0 Å². The Morgan fingerprint density at radius 1 is 0.541 bits per heavy atom. The molecule has 0 atom stereocenters. The van der Waals surface area contributed by atoms with Crippen molar-refractivity contribution in [3.05, 3.63) is 169 Å². The van der Waals surface area contributed by atoms with Crippen molar-refractivity contribution in [1.29, 1.82) is 10.5 Å². The van der Waals surface area contributed by atoms with Crippen LogP contribution in [-0.4, -0.2) is 9.13 Å². The van der Waals surface area contributed by atoms with Crippen LogP contribution in [0.3, 0.4) is 0 Å². The van der Waals surface area contributed by atoms with Crippen molar-refractivity contribution in [2.45, 2.75) is 48.5 Å². The molecule has 4 aromatic heterocycles. The summed E-state index contributed by atoms with van der Waals surface area (Å²) in [6, 6.07) is 49.2. The van der Waals surface area contributed by atoms with Crippen LogP contribution in [0.15, 0.2) is 155 Å². The maximum atomic E-state index is 9.69. The molecule has 0 aliphatic heterocycles. The number of hydrogen-bond acceptors (Lipinski definition) is 4. The van der Waals surface area contributed by atoms with Crippen LogP contribution in [0.4, 0.5) is 0 Å². The van der Waals surface area contributed by atoms with Crippen LogP contribution in [0.5, 0.6) is 0 Å². The fourth-order valence-electron chi connectivity index (χ4n) is 8.11. The van der Waals surface area contributed by atoms with E-state index in [4.69, 9.17) is 8.83 Å². The molecular formula is C55H48N4O2. The molecule has 4 heterocycles. The van der Waals surface area contributed by atoms with E-state index >= 15 is 0 Å². The van der Waals surface area contributed by atoms with Crippen molar-refractivity contribution in [1.82, 2.24) is 9.13 Å². The minimum atomic E-state index is 0.578.